The quantitative estimate of drug-likeness (QED) is 0.590. The number of rotatable bonds is 4. The van der Waals surface area contributed by atoms with E-state index in [1.807, 2.05) is 49.4 Å². The number of anilines is 1. The number of aromatic nitrogens is 4. The van der Waals surface area contributed by atoms with Gasteiger partial charge in [0.05, 0.1) is 5.69 Å². The molecule has 1 amide bonds. The summed E-state index contributed by atoms with van der Waals surface area (Å²) in [7, 11) is 0. The van der Waals surface area contributed by atoms with Crippen LogP contribution in [0.2, 0.25) is 0 Å². The van der Waals surface area contributed by atoms with Crippen LogP contribution in [0.5, 0.6) is 0 Å². The van der Waals surface area contributed by atoms with Crippen molar-refractivity contribution in [3.05, 3.63) is 72.3 Å². The lowest BCUT2D eigenvalue weighted by molar-refractivity contribution is 0.102. The maximum Gasteiger partial charge on any atom is 0.276 e. The maximum absolute atomic E-state index is 12.8. The van der Waals surface area contributed by atoms with Crippen LogP contribution in [0.25, 0.3) is 22.0 Å². The second-order valence-corrected chi connectivity index (χ2v) is 5.85. The van der Waals surface area contributed by atoms with Gasteiger partial charge in [0, 0.05) is 35.1 Å². The Morgan fingerprint density at radius 1 is 1.08 bits per heavy atom. The van der Waals surface area contributed by atoms with Crippen LogP contribution in [0.15, 0.2) is 61.1 Å². The highest BCUT2D eigenvalue weighted by atomic mass is 16.2. The van der Waals surface area contributed by atoms with Gasteiger partial charge >= 0.3 is 0 Å². The van der Waals surface area contributed by atoms with E-state index < -0.39 is 0 Å². The van der Waals surface area contributed by atoms with Crippen molar-refractivity contribution >= 4 is 22.5 Å². The zero-order valence-electron chi connectivity index (χ0n) is 14.2. The topological polar surface area (TPSA) is 83.6 Å². The van der Waals surface area contributed by atoms with Crippen molar-refractivity contribution in [2.24, 2.45) is 0 Å². The van der Waals surface area contributed by atoms with Crippen molar-refractivity contribution in [3.8, 4) is 11.3 Å². The van der Waals surface area contributed by atoms with Gasteiger partial charge in [-0.05, 0) is 30.0 Å². The smallest absolute Gasteiger partial charge is 0.276 e. The Morgan fingerprint density at radius 3 is 2.69 bits per heavy atom. The monoisotopic (exact) mass is 343 g/mol. The minimum Gasteiger partial charge on any atom is -0.303 e. The number of nitrogens with one attached hydrogen (secondary N) is 2. The van der Waals surface area contributed by atoms with Crippen LogP contribution in [0, 0.1) is 0 Å². The fraction of sp³-hybridized carbons (Fsp3) is 0.100. The summed E-state index contributed by atoms with van der Waals surface area (Å²) in [6, 6.07) is 13.4. The first-order valence-electron chi connectivity index (χ1n) is 8.40. The molecule has 0 spiro atoms. The molecule has 3 aromatic heterocycles. The number of nitrogens with zero attached hydrogens (tertiary/aromatic N) is 3. The van der Waals surface area contributed by atoms with E-state index in [2.05, 4.69) is 25.5 Å². The van der Waals surface area contributed by atoms with Crippen LogP contribution >= 0.6 is 0 Å². The van der Waals surface area contributed by atoms with Gasteiger partial charge in [-0.15, -0.1) is 0 Å². The molecule has 26 heavy (non-hydrogen) atoms. The summed E-state index contributed by atoms with van der Waals surface area (Å²) < 4.78 is 0. The van der Waals surface area contributed by atoms with Crippen molar-refractivity contribution in [2.45, 2.75) is 13.3 Å². The molecule has 128 valence electrons. The molecular formula is C20H17N5O. The minimum atomic E-state index is -0.274. The molecule has 0 aliphatic carbocycles. The average molecular weight is 343 g/mol. The fourth-order valence-electron chi connectivity index (χ4n) is 3.04. The Labute approximate surface area is 150 Å². The number of fused-ring (bicyclic) bond motifs is 1. The van der Waals surface area contributed by atoms with E-state index in [0.29, 0.717) is 11.5 Å². The van der Waals surface area contributed by atoms with Crippen molar-refractivity contribution in [1.29, 1.82) is 0 Å². The Bertz CT molecular complexity index is 1070. The standard InChI is InChI=1S/C20H17N5O/c1-2-15-17(14-7-10-21-11-8-14)24-25-19(15)23-20(26)18-16-6-4-3-5-13(16)9-12-22-18/h3-12H,2H2,1H3,(H2,23,24,25,26). The normalized spacial score (nSPS) is 10.8. The first kappa shape index (κ1) is 16.0. The lowest BCUT2D eigenvalue weighted by Crippen LogP contribution is -2.15. The van der Waals surface area contributed by atoms with Gasteiger partial charge in [0.2, 0.25) is 0 Å². The SMILES string of the molecule is CCc1c(NC(=O)c2nccc3ccccc23)n[nH]c1-c1ccncc1. The number of carbonyl (C=O) groups excluding carboxylic acids is 1. The fourth-order valence-corrected chi connectivity index (χ4v) is 3.04. The molecule has 0 aliphatic rings. The number of hydrogen-bond acceptors (Lipinski definition) is 4. The summed E-state index contributed by atoms with van der Waals surface area (Å²) >= 11 is 0. The zero-order chi connectivity index (χ0) is 17.9. The van der Waals surface area contributed by atoms with Crippen LogP contribution < -0.4 is 5.32 Å². The molecule has 0 saturated heterocycles. The lowest BCUT2D eigenvalue weighted by Gasteiger charge is -2.07. The number of aromatic amines is 1. The number of carbonyl (C=O) groups is 1. The molecule has 0 radical (unpaired) electrons. The minimum absolute atomic E-state index is 0.274. The van der Waals surface area contributed by atoms with E-state index in [1.165, 1.54) is 0 Å². The van der Waals surface area contributed by atoms with Crippen LogP contribution in [0.4, 0.5) is 5.82 Å². The van der Waals surface area contributed by atoms with Crippen molar-refractivity contribution in [1.82, 2.24) is 20.2 Å². The summed E-state index contributed by atoms with van der Waals surface area (Å²) in [6.07, 6.45) is 5.83. The molecule has 1 aromatic carbocycles. The number of amides is 1. The van der Waals surface area contributed by atoms with E-state index >= 15 is 0 Å². The predicted molar refractivity (Wildman–Crippen MR) is 101 cm³/mol. The largest absolute Gasteiger partial charge is 0.303 e. The molecule has 0 atom stereocenters. The molecule has 3 heterocycles. The second-order valence-electron chi connectivity index (χ2n) is 5.85. The van der Waals surface area contributed by atoms with E-state index in [9.17, 15) is 4.79 Å². The molecular weight excluding hydrogens is 326 g/mol. The lowest BCUT2D eigenvalue weighted by atomic mass is 10.1. The Hall–Kier alpha value is -3.54. The van der Waals surface area contributed by atoms with Crippen LogP contribution in [0.3, 0.4) is 0 Å². The summed E-state index contributed by atoms with van der Waals surface area (Å²) in [5.74, 6) is 0.253. The van der Waals surface area contributed by atoms with E-state index in [0.717, 1.165) is 34.0 Å². The number of benzene rings is 1. The number of pyridine rings is 2. The highest BCUT2D eigenvalue weighted by molar-refractivity contribution is 6.11. The highest BCUT2D eigenvalue weighted by Gasteiger charge is 2.18. The van der Waals surface area contributed by atoms with Gasteiger partial charge in [-0.2, -0.15) is 5.10 Å². The first-order valence-corrected chi connectivity index (χ1v) is 8.40. The van der Waals surface area contributed by atoms with Gasteiger partial charge in [-0.3, -0.25) is 19.9 Å². The van der Waals surface area contributed by atoms with Crippen LogP contribution in [-0.4, -0.2) is 26.1 Å². The Morgan fingerprint density at radius 2 is 1.88 bits per heavy atom. The molecule has 4 aromatic rings. The molecule has 4 rings (SSSR count). The molecule has 0 fully saturated rings. The second kappa shape index (κ2) is 6.76. The van der Waals surface area contributed by atoms with Crippen molar-refractivity contribution < 1.29 is 4.79 Å². The third-order valence-corrected chi connectivity index (χ3v) is 4.31. The van der Waals surface area contributed by atoms with Crippen LogP contribution in [-0.2, 0) is 6.42 Å². The van der Waals surface area contributed by atoms with Crippen molar-refractivity contribution in [3.63, 3.8) is 0 Å². The maximum atomic E-state index is 12.8. The Balaban J connectivity index is 1.69. The van der Waals surface area contributed by atoms with E-state index in [-0.39, 0.29) is 5.91 Å². The third-order valence-electron chi connectivity index (χ3n) is 4.31. The van der Waals surface area contributed by atoms with E-state index in [4.69, 9.17) is 0 Å². The summed E-state index contributed by atoms with van der Waals surface area (Å²) in [5, 5.41) is 12.0. The zero-order valence-corrected chi connectivity index (χ0v) is 14.2. The van der Waals surface area contributed by atoms with Crippen LogP contribution in [0.1, 0.15) is 23.0 Å². The summed E-state index contributed by atoms with van der Waals surface area (Å²) in [5.41, 5.74) is 3.20. The van der Waals surface area contributed by atoms with Gasteiger partial charge in [0.25, 0.3) is 5.91 Å². The predicted octanol–water partition coefficient (Wildman–Crippen LogP) is 3.83. The molecule has 6 nitrogen and oxygen atoms in total. The molecule has 0 unspecified atom stereocenters. The number of hydrogen-bond donors (Lipinski definition) is 2. The Kier molecular flexibility index (Phi) is 4.15. The highest BCUT2D eigenvalue weighted by Crippen LogP contribution is 2.27. The third kappa shape index (κ3) is 2.82. The molecule has 0 bridgehead atoms. The molecule has 6 heteroatoms. The van der Waals surface area contributed by atoms with Crippen molar-refractivity contribution in [2.75, 3.05) is 5.32 Å². The van der Waals surface area contributed by atoms with Gasteiger partial charge in [0.1, 0.15) is 5.69 Å². The number of H-pyrrole nitrogens is 1. The molecule has 0 aliphatic heterocycles. The molecule has 0 saturated carbocycles. The van der Waals surface area contributed by atoms with Gasteiger partial charge in [-0.1, -0.05) is 31.2 Å². The summed E-state index contributed by atoms with van der Waals surface area (Å²) in [4.78, 5) is 21.1. The average Bonchev–Trinajstić information content (AvgIpc) is 3.10. The van der Waals surface area contributed by atoms with Gasteiger partial charge in [0.15, 0.2) is 5.82 Å². The first-order chi connectivity index (χ1) is 12.8. The molecule has 2 N–H and O–H groups in total. The van der Waals surface area contributed by atoms with E-state index in [1.54, 1.807) is 18.6 Å². The van der Waals surface area contributed by atoms with Gasteiger partial charge in [-0.25, -0.2) is 0 Å². The van der Waals surface area contributed by atoms with Gasteiger partial charge < -0.3 is 5.32 Å². The summed E-state index contributed by atoms with van der Waals surface area (Å²) in [6.45, 7) is 2.03.